The lowest BCUT2D eigenvalue weighted by molar-refractivity contribution is 0.0697. The van der Waals surface area contributed by atoms with E-state index in [2.05, 4.69) is 10.2 Å². The maximum absolute atomic E-state index is 11.1. The molecule has 6 heteroatoms. The van der Waals surface area contributed by atoms with Gasteiger partial charge in [-0.05, 0) is 38.5 Å². The van der Waals surface area contributed by atoms with Crippen LogP contribution in [0.4, 0.5) is 0 Å². The number of H-pyrrole nitrogens is 1. The Hall–Kier alpha value is -2.34. The van der Waals surface area contributed by atoms with E-state index in [1.54, 1.807) is 18.2 Å². The van der Waals surface area contributed by atoms with Crippen LogP contribution < -0.4 is 4.74 Å². The Kier molecular flexibility index (Phi) is 5.16. The zero-order valence-corrected chi connectivity index (χ0v) is 13.0. The van der Waals surface area contributed by atoms with Crippen molar-refractivity contribution in [2.24, 2.45) is 0 Å². The van der Waals surface area contributed by atoms with Gasteiger partial charge < -0.3 is 14.6 Å². The molecule has 0 aliphatic heterocycles. The minimum absolute atomic E-state index is 0.244. The van der Waals surface area contributed by atoms with Gasteiger partial charge in [-0.25, -0.2) is 4.79 Å². The average Bonchev–Trinajstić information content (AvgIpc) is 2.85. The van der Waals surface area contributed by atoms with Gasteiger partial charge in [-0.15, -0.1) is 5.10 Å². The van der Waals surface area contributed by atoms with Crippen molar-refractivity contribution in [3.05, 3.63) is 34.9 Å². The summed E-state index contributed by atoms with van der Waals surface area (Å²) in [6.45, 7) is 7.32. The molecule has 1 aromatic heterocycles. The highest BCUT2D eigenvalue weighted by Crippen LogP contribution is 2.30. The number of hydrogen-bond donors (Lipinski definition) is 2. The van der Waals surface area contributed by atoms with Crippen molar-refractivity contribution in [3.8, 4) is 17.1 Å². The van der Waals surface area contributed by atoms with Crippen molar-refractivity contribution in [2.75, 3.05) is 19.8 Å². The number of aromatic carboxylic acids is 1. The molecule has 1 heterocycles. The van der Waals surface area contributed by atoms with Gasteiger partial charge in [-0.2, -0.15) is 0 Å². The molecule has 0 bridgehead atoms. The van der Waals surface area contributed by atoms with E-state index in [0.29, 0.717) is 25.7 Å². The van der Waals surface area contributed by atoms with E-state index < -0.39 is 5.97 Å². The predicted octanol–water partition coefficient (Wildman–Crippen LogP) is 2.81. The van der Waals surface area contributed by atoms with Gasteiger partial charge in [0.05, 0.1) is 17.9 Å². The number of hydrogen-bond acceptors (Lipinski definition) is 4. The summed E-state index contributed by atoms with van der Waals surface area (Å²) in [6, 6.07) is 5.02. The monoisotopic (exact) mass is 304 g/mol. The maximum Gasteiger partial charge on any atom is 0.335 e. The Labute approximate surface area is 129 Å². The fraction of sp³-hybridized carbons (Fsp3) is 0.375. The Morgan fingerprint density at radius 3 is 2.77 bits per heavy atom. The number of nitrogens with one attached hydrogen (secondary N) is 1. The van der Waals surface area contributed by atoms with Gasteiger partial charge in [0.15, 0.2) is 0 Å². The van der Waals surface area contributed by atoms with Crippen molar-refractivity contribution in [2.45, 2.75) is 20.8 Å². The van der Waals surface area contributed by atoms with E-state index in [4.69, 9.17) is 14.6 Å². The van der Waals surface area contributed by atoms with Crippen LogP contribution in [0.25, 0.3) is 11.3 Å². The van der Waals surface area contributed by atoms with Crippen LogP contribution >= 0.6 is 0 Å². The lowest BCUT2D eigenvalue weighted by atomic mass is 10.0. The molecule has 22 heavy (non-hydrogen) atoms. The first-order valence-electron chi connectivity index (χ1n) is 7.14. The van der Waals surface area contributed by atoms with Gasteiger partial charge in [-0.3, -0.25) is 5.10 Å². The molecule has 2 rings (SSSR count). The fourth-order valence-electron chi connectivity index (χ4n) is 2.15. The van der Waals surface area contributed by atoms with Crippen LogP contribution in [0, 0.1) is 13.8 Å². The highest BCUT2D eigenvalue weighted by molar-refractivity contribution is 5.90. The van der Waals surface area contributed by atoms with Crippen molar-refractivity contribution < 1.29 is 19.4 Å². The number of nitrogens with zero attached hydrogens (tertiary/aromatic N) is 1. The van der Waals surface area contributed by atoms with Crippen molar-refractivity contribution in [1.29, 1.82) is 0 Å². The molecule has 0 aliphatic carbocycles. The summed E-state index contributed by atoms with van der Waals surface area (Å²) >= 11 is 0. The van der Waals surface area contributed by atoms with E-state index >= 15 is 0 Å². The number of carboxylic acids is 1. The van der Waals surface area contributed by atoms with Crippen LogP contribution in [0.5, 0.6) is 5.88 Å². The molecule has 118 valence electrons. The Morgan fingerprint density at radius 2 is 2.09 bits per heavy atom. The molecule has 0 radical (unpaired) electrons. The minimum Gasteiger partial charge on any atom is -0.478 e. The Morgan fingerprint density at radius 1 is 1.32 bits per heavy atom. The largest absolute Gasteiger partial charge is 0.478 e. The summed E-state index contributed by atoms with van der Waals surface area (Å²) in [5, 5.41) is 16.2. The van der Waals surface area contributed by atoms with E-state index in [1.807, 2.05) is 20.8 Å². The summed E-state index contributed by atoms with van der Waals surface area (Å²) in [5.74, 6) is -0.443. The van der Waals surface area contributed by atoms with Gasteiger partial charge in [0.2, 0.25) is 5.88 Å². The molecule has 0 atom stereocenters. The third-order valence-electron chi connectivity index (χ3n) is 3.39. The van der Waals surface area contributed by atoms with Gasteiger partial charge >= 0.3 is 5.97 Å². The minimum atomic E-state index is -0.952. The molecular weight excluding hydrogens is 284 g/mol. The quantitative estimate of drug-likeness (QED) is 0.768. The highest BCUT2D eigenvalue weighted by Gasteiger charge is 2.15. The van der Waals surface area contributed by atoms with Crippen LogP contribution in [0.1, 0.15) is 28.4 Å². The van der Waals surface area contributed by atoms with Crippen LogP contribution in [-0.2, 0) is 4.74 Å². The molecule has 6 nitrogen and oxygen atoms in total. The summed E-state index contributed by atoms with van der Waals surface area (Å²) in [5.41, 5.74) is 3.64. The first-order valence-corrected chi connectivity index (χ1v) is 7.14. The molecule has 1 aromatic carbocycles. The van der Waals surface area contributed by atoms with Gasteiger partial charge in [-0.1, -0.05) is 6.07 Å². The van der Waals surface area contributed by atoms with Crippen LogP contribution in [0.3, 0.4) is 0 Å². The van der Waals surface area contributed by atoms with E-state index in [9.17, 15) is 4.79 Å². The zero-order valence-electron chi connectivity index (χ0n) is 13.0. The molecule has 0 spiro atoms. The first kappa shape index (κ1) is 16.0. The van der Waals surface area contributed by atoms with E-state index in [-0.39, 0.29) is 5.56 Å². The van der Waals surface area contributed by atoms with Gasteiger partial charge in [0.1, 0.15) is 6.61 Å². The molecule has 0 saturated heterocycles. The number of carbonyl (C=O) groups is 1. The normalized spacial score (nSPS) is 10.7. The number of ether oxygens (including phenoxy) is 2. The van der Waals surface area contributed by atoms with Crippen molar-refractivity contribution in [1.82, 2.24) is 10.2 Å². The average molecular weight is 304 g/mol. The lowest BCUT2D eigenvalue weighted by Crippen LogP contribution is -2.07. The third kappa shape index (κ3) is 3.46. The summed E-state index contributed by atoms with van der Waals surface area (Å²) < 4.78 is 10.8. The van der Waals surface area contributed by atoms with Gasteiger partial charge in [0.25, 0.3) is 0 Å². The summed E-state index contributed by atoms with van der Waals surface area (Å²) in [6.07, 6.45) is 0. The Balaban J connectivity index is 2.24. The highest BCUT2D eigenvalue weighted by atomic mass is 16.5. The Bertz CT molecular complexity index is 664. The molecule has 0 amide bonds. The fourth-order valence-corrected chi connectivity index (χ4v) is 2.15. The second kappa shape index (κ2) is 7.09. The van der Waals surface area contributed by atoms with Gasteiger partial charge in [0, 0.05) is 17.7 Å². The molecule has 0 unspecified atom stereocenters. The van der Waals surface area contributed by atoms with Crippen LogP contribution in [-0.4, -0.2) is 41.1 Å². The van der Waals surface area contributed by atoms with Crippen molar-refractivity contribution >= 4 is 5.97 Å². The summed E-state index contributed by atoms with van der Waals surface area (Å²) in [7, 11) is 0. The van der Waals surface area contributed by atoms with E-state index in [1.165, 1.54) is 0 Å². The summed E-state index contributed by atoms with van der Waals surface area (Å²) in [4.78, 5) is 11.1. The van der Waals surface area contributed by atoms with Crippen LogP contribution in [0.15, 0.2) is 18.2 Å². The topological polar surface area (TPSA) is 84.4 Å². The molecule has 0 saturated carbocycles. The second-order valence-corrected chi connectivity index (χ2v) is 4.91. The third-order valence-corrected chi connectivity index (χ3v) is 3.39. The molecule has 2 aromatic rings. The smallest absolute Gasteiger partial charge is 0.335 e. The number of aromatic amines is 1. The lowest BCUT2D eigenvalue weighted by Gasteiger charge is -2.07. The van der Waals surface area contributed by atoms with E-state index in [0.717, 1.165) is 22.4 Å². The molecule has 0 aliphatic rings. The number of aromatic nitrogens is 2. The standard InChI is InChI=1S/C16H20N2O4/c1-4-21-7-8-22-15-11(3)14(17-18-15)13-9-12(16(19)20)6-5-10(13)2/h5-6,9H,4,7-8H2,1-3H3,(H,17,18)(H,19,20). The predicted molar refractivity (Wildman–Crippen MR) is 82.4 cm³/mol. The molecule has 2 N–H and O–H groups in total. The second-order valence-electron chi connectivity index (χ2n) is 4.91. The SMILES string of the molecule is CCOCCOc1n[nH]c(-c2cc(C(=O)O)ccc2C)c1C. The number of aryl methyl sites for hydroxylation is 1. The first-order chi connectivity index (χ1) is 10.5. The zero-order chi connectivity index (χ0) is 16.1. The molecule has 0 fully saturated rings. The number of rotatable bonds is 7. The van der Waals surface area contributed by atoms with Crippen LogP contribution in [0.2, 0.25) is 0 Å². The number of carboxylic acid groups (broad SMARTS) is 1. The molecular formula is C16H20N2O4. The number of benzene rings is 1. The van der Waals surface area contributed by atoms with Crippen molar-refractivity contribution in [3.63, 3.8) is 0 Å². The maximum atomic E-state index is 11.1.